The molecule has 1 amide bonds. The van der Waals surface area contributed by atoms with Gasteiger partial charge in [0.1, 0.15) is 5.82 Å². The number of hydrogen-bond acceptors (Lipinski definition) is 2. The van der Waals surface area contributed by atoms with E-state index in [-0.39, 0.29) is 13.0 Å². The minimum atomic E-state index is -1.44. The Kier molecular flexibility index (Phi) is 4.42. The number of carboxylic acid groups (broad SMARTS) is 1. The fourth-order valence-corrected chi connectivity index (χ4v) is 2.13. The quantitative estimate of drug-likeness (QED) is 0.789. The number of amides is 1. The zero-order chi connectivity index (χ0) is 13.8. The molecule has 1 atom stereocenters. The van der Waals surface area contributed by atoms with Gasteiger partial charge in [-0.1, -0.05) is 19.1 Å². The third-order valence-electron chi connectivity index (χ3n) is 3.15. The lowest BCUT2D eigenvalue weighted by Gasteiger charge is -2.37. The zero-order valence-corrected chi connectivity index (χ0v) is 10.4. The van der Waals surface area contributed by atoms with E-state index in [2.05, 4.69) is 0 Å². The molecule has 1 rings (SSSR count). The van der Waals surface area contributed by atoms with Crippen LogP contribution in [0.4, 0.5) is 4.39 Å². The number of nitrogens with zero attached hydrogens (tertiary/aromatic N) is 1. The molecule has 0 aliphatic rings. The lowest BCUT2D eigenvalue weighted by atomic mass is 9.85. The van der Waals surface area contributed by atoms with E-state index >= 15 is 0 Å². The standard InChI is InChI=1S/C13H16FNO3/c1-3-13(12(17)18,15(4-2)9-16)10-5-7-11(14)8-6-10/h5-9H,3-4H2,1-2H3,(H,17,18). The summed E-state index contributed by atoms with van der Waals surface area (Å²) < 4.78 is 12.9. The molecule has 0 saturated heterocycles. The van der Waals surface area contributed by atoms with E-state index in [1.54, 1.807) is 13.8 Å². The van der Waals surface area contributed by atoms with E-state index in [0.29, 0.717) is 12.0 Å². The second kappa shape index (κ2) is 5.62. The average Bonchev–Trinajstić information content (AvgIpc) is 2.36. The summed E-state index contributed by atoms with van der Waals surface area (Å²) in [5.74, 6) is -1.56. The molecule has 5 heteroatoms. The van der Waals surface area contributed by atoms with Crippen molar-refractivity contribution < 1.29 is 19.1 Å². The average molecular weight is 253 g/mol. The molecule has 0 spiro atoms. The van der Waals surface area contributed by atoms with Crippen LogP contribution in [0.25, 0.3) is 0 Å². The predicted octanol–water partition coefficient (Wildman–Crippen LogP) is 1.99. The Morgan fingerprint density at radius 2 is 1.94 bits per heavy atom. The van der Waals surface area contributed by atoms with E-state index in [1.165, 1.54) is 29.2 Å². The fourth-order valence-electron chi connectivity index (χ4n) is 2.13. The van der Waals surface area contributed by atoms with Crippen molar-refractivity contribution in [2.45, 2.75) is 25.8 Å². The molecule has 0 fully saturated rings. The van der Waals surface area contributed by atoms with Crippen molar-refractivity contribution in [3.8, 4) is 0 Å². The smallest absolute Gasteiger partial charge is 0.334 e. The van der Waals surface area contributed by atoms with Crippen LogP contribution in [0, 0.1) is 5.82 Å². The van der Waals surface area contributed by atoms with Gasteiger partial charge in [0.2, 0.25) is 6.41 Å². The highest BCUT2D eigenvalue weighted by atomic mass is 19.1. The number of carbonyl (C=O) groups excluding carboxylic acids is 1. The molecule has 0 saturated carbocycles. The first kappa shape index (κ1) is 14.2. The summed E-state index contributed by atoms with van der Waals surface area (Å²) in [4.78, 5) is 23.9. The van der Waals surface area contributed by atoms with Crippen molar-refractivity contribution in [3.63, 3.8) is 0 Å². The topological polar surface area (TPSA) is 57.6 Å². The van der Waals surface area contributed by atoms with Gasteiger partial charge in [-0.15, -0.1) is 0 Å². The zero-order valence-electron chi connectivity index (χ0n) is 10.4. The van der Waals surface area contributed by atoms with Crippen LogP contribution < -0.4 is 0 Å². The van der Waals surface area contributed by atoms with Gasteiger partial charge in [0.05, 0.1) is 0 Å². The lowest BCUT2D eigenvalue weighted by molar-refractivity contribution is -0.156. The summed E-state index contributed by atoms with van der Waals surface area (Å²) >= 11 is 0. The number of carboxylic acids is 1. The first-order valence-electron chi connectivity index (χ1n) is 5.74. The van der Waals surface area contributed by atoms with E-state index in [4.69, 9.17) is 0 Å². The van der Waals surface area contributed by atoms with Crippen LogP contribution in [0.15, 0.2) is 24.3 Å². The Hall–Kier alpha value is -1.91. The molecule has 1 aromatic carbocycles. The summed E-state index contributed by atoms with van der Waals surface area (Å²) in [6, 6.07) is 5.20. The van der Waals surface area contributed by atoms with Gasteiger partial charge in [0.25, 0.3) is 0 Å². The monoisotopic (exact) mass is 253 g/mol. The van der Waals surface area contributed by atoms with Crippen molar-refractivity contribution >= 4 is 12.4 Å². The fraction of sp³-hybridized carbons (Fsp3) is 0.385. The van der Waals surface area contributed by atoms with Gasteiger partial charge in [-0.05, 0) is 31.0 Å². The Morgan fingerprint density at radius 1 is 1.39 bits per heavy atom. The first-order chi connectivity index (χ1) is 8.52. The Labute approximate surface area is 105 Å². The van der Waals surface area contributed by atoms with Crippen LogP contribution in [0.5, 0.6) is 0 Å². The van der Waals surface area contributed by atoms with E-state index in [1.807, 2.05) is 0 Å². The Bertz CT molecular complexity index is 432. The second-order valence-corrected chi connectivity index (χ2v) is 3.92. The molecular formula is C13H16FNO3. The number of benzene rings is 1. The highest BCUT2D eigenvalue weighted by Crippen LogP contribution is 2.31. The number of aliphatic carboxylic acids is 1. The normalized spacial score (nSPS) is 13.7. The maximum atomic E-state index is 12.9. The molecule has 0 bridgehead atoms. The maximum Gasteiger partial charge on any atom is 0.334 e. The van der Waals surface area contributed by atoms with Gasteiger partial charge in [-0.3, -0.25) is 4.79 Å². The summed E-state index contributed by atoms with van der Waals surface area (Å²) in [6.45, 7) is 3.65. The van der Waals surface area contributed by atoms with Crippen LogP contribution in [0.2, 0.25) is 0 Å². The van der Waals surface area contributed by atoms with Gasteiger partial charge < -0.3 is 10.0 Å². The molecule has 98 valence electrons. The number of rotatable bonds is 6. The van der Waals surface area contributed by atoms with Crippen LogP contribution in [0.1, 0.15) is 25.8 Å². The van der Waals surface area contributed by atoms with Crippen LogP contribution in [-0.4, -0.2) is 28.9 Å². The van der Waals surface area contributed by atoms with Crippen molar-refractivity contribution in [2.24, 2.45) is 0 Å². The molecule has 18 heavy (non-hydrogen) atoms. The number of carbonyl (C=O) groups is 2. The van der Waals surface area contributed by atoms with Gasteiger partial charge in [0, 0.05) is 6.54 Å². The second-order valence-electron chi connectivity index (χ2n) is 3.92. The lowest BCUT2D eigenvalue weighted by Crippen LogP contribution is -2.51. The summed E-state index contributed by atoms with van der Waals surface area (Å²) in [5.41, 5.74) is -1.04. The summed E-state index contributed by atoms with van der Waals surface area (Å²) in [5, 5.41) is 9.48. The maximum absolute atomic E-state index is 12.9. The molecule has 0 aliphatic heterocycles. The van der Waals surface area contributed by atoms with Gasteiger partial charge in [-0.2, -0.15) is 0 Å². The van der Waals surface area contributed by atoms with Gasteiger partial charge >= 0.3 is 5.97 Å². The molecule has 1 unspecified atom stereocenters. The Balaban J connectivity index is 3.39. The molecule has 1 aromatic rings. The molecule has 0 aliphatic carbocycles. The molecule has 0 heterocycles. The largest absolute Gasteiger partial charge is 0.479 e. The van der Waals surface area contributed by atoms with Crippen molar-refractivity contribution in [1.29, 1.82) is 0 Å². The molecule has 0 aromatic heterocycles. The molecule has 4 nitrogen and oxygen atoms in total. The molecule has 1 N–H and O–H groups in total. The SMILES string of the molecule is CCN(C=O)C(CC)(C(=O)O)c1ccc(F)cc1. The van der Waals surface area contributed by atoms with E-state index in [9.17, 15) is 19.1 Å². The number of halogens is 1. The number of likely N-dealkylation sites (N-methyl/N-ethyl adjacent to an activating group) is 1. The van der Waals surface area contributed by atoms with Gasteiger partial charge in [0.15, 0.2) is 5.54 Å². The molecule has 0 radical (unpaired) electrons. The van der Waals surface area contributed by atoms with Gasteiger partial charge in [-0.25, -0.2) is 9.18 Å². The summed E-state index contributed by atoms with van der Waals surface area (Å²) in [7, 11) is 0. The van der Waals surface area contributed by atoms with Crippen LogP contribution in [0.3, 0.4) is 0 Å². The third kappa shape index (κ3) is 2.20. The van der Waals surface area contributed by atoms with Crippen LogP contribution in [-0.2, 0) is 15.1 Å². The highest BCUT2D eigenvalue weighted by molar-refractivity contribution is 5.83. The van der Waals surface area contributed by atoms with Crippen LogP contribution >= 0.6 is 0 Å². The third-order valence-corrected chi connectivity index (χ3v) is 3.15. The molecular weight excluding hydrogens is 237 g/mol. The summed E-state index contributed by atoms with van der Waals surface area (Å²) in [6.07, 6.45) is 0.724. The van der Waals surface area contributed by atoms with Crippen molar-refractivity contribution in [2.75, 3.05) is 6.54 Å². The highest BCUT2D eigenvalue weighted by Gasteiger charge is 2.43. The van der Waals surface area contributed by atoms with E-state index in [0.717, 1.165) is 0 Å². The van der Waals surface area contributed by atoms with Crippen molar-refractivity contribution in [1.82, 2.24) is 4.90 Å². The minimum absolute atomic E-state index is 0.209. The first-order valence-corrected chi connectivity index (χ1v) is 5.74. The minimum Gasteiger partial charge on any atom is -0.479 e. The number of hydrogen-bond donors (Lipinski definition) is 1. The predicted molar refractivity (Wildman–Crippen MR) is 64.4 cm³/mol. The van der Waals surface area contributed by atoms with E-state index < -0.39 is 17.3 Å². The van der Waals surface area contributed by atoms with Crippen molar-refractivity contribution in [3.05, 3.63) is 35.6 Å². The Morgan fingerprint density at radius 3 is 2.28 bits per heavy atom.